The first kappa shape index (κ1) is 26.9. The van der Waals surface area contributed by atoms with Crippen LogP contribution >= 0.6 is 34.9 Å². The Hall–Kier alpha value is -3.74. The maximum Gasteiger partial charge on any atom is 0.234 e. The van der Waals surface area contributed by atoms with Crippen molar-refractivity contribution in [1.82, 2.24) is 25.2 Å². The molecule has 12 heteroatoms. The summed E-state index contributed by atoms with van der Waals surface area (Å²) in [6.07, 6.45) is 0. The van der Waals surface area contributed by atoms with Gasteiger partial charge in [-0.25, -0.2) is 9.67 Å². The Morgan fingerprint density at radius 2 is 1.72 bits per heavy atom. The molecule has 0 aliphatic carbocycles. The molecule has 0 unspecified atom stereocenters. The van der Waals surface area contributed by atoms with E-state index >= 15 is 0 Å². The van der Waals surface area contributed by atoms with Gasteiger partial charge in [0.1, 0.15) is 0 Å². The standard InChI is InChI=1S/C27H25N7O2S3/c1-17-7-6-10-21(18(17)2)29-25(36)16-38-27-30-22-12-11-20(13-23(22)39-27)28-24(35)15-37-26-31-32-33-34(26)14-19-8-4-3-5-9-19/h3-13H,14-16H2,1-2H3,(H,28,35)(H,29,36). The van der Waals surface area contributed by atoms with E-state index in [1.54, 1.807) is 4.68 Å². The third kappa shape index (κ3) is 7.02. The molecule has 2 heterocycles. The quantitative estimate of drug-likeness (QED) is 0.213. The Bertz CT molecular complexity index is 1620. The second-order valence-corrected chi connectivity index (χ2v) is 11.9. The van der Waals surface area contributed by atoms with Gasteiger partial charge in [0.15, 0.2) is 4.34 Å². The van der Waals surface area contributed by atoms with Gasteiger partial charge in [0.25, 0.3) is 0 Å². The van der Waals surface area contributed by atoms with Gasteiger partial charge >= 0.3 is 0 Å². The van der Waals surface area contributed by atoms with Crippen molar-refractivity contribution in [3.63, 3.8) is 0 Å². The second kappa shape index (κ2) is 12.4. The van der Waals surface area contributed by atoms with Gasteiger partial charge in [-0.2, -0.15) is 0 Å². The summed E-state index contributed by atoms with van der Waals surface area (Å²) in [4.78, 5) is 29.7. The average Bonchev–Trinajstić information content (AvgIpc) is 3.55. The topological polar surface area (TPSA) is 115 Å². The molecule has 3 aromatic carbocycles. The third-order valence-electron chi connectivity index (χ3n) is 5.86. The van der Waals surface area contributed by atoms with Gasteiger partial charge in [0.05, 0.1) is 28.3 Å². The van der Waals surface area contributed by atoms with Crippen molar-refractivity contribution < 1.29 is 9.59 Å². The molecule has 2 N–H and O–H groups in total. The molecule has 5 aromatic rings. The summed E-state index contributed by atoms with van der Waals surface area (Å²) in [7, 11) is 0. The molecule has 0 spiro atoms. The van der Waals surface area contributed by atoms with E-state index in [1.807, 2.05) is 80.6 Å². The number of carbonyl (C=O) groups is 2. The van der Waals surface area contributed by atoms with Crippen LogP contribution in [0, 0.1) is 13.8 Å². The summed E-state index contributed by atoms with van der Waals surface area (Å²) in [5, 5.41) is 18.3. The number of hydrogen-bond acceptors (Lipinski definition) is 9. The summed E-state index contributed by atoms with van der Waals surface area (Å²) < 4.78 is 3.41. The van der Waals surface area contributed by atoms with Crippen molar-refractivity contribution >= 4 is 68.3 Å². The van der Waals surface area contributed by atoms with E-state index in [0.29, 0.717) is 17.4 Å². The molecule has 0 atom stereocenters. The monoisotopic (exact) mass is 575 g/mol. The summed E-state index contributed by atoms with van der Waals surface area (Å²) >= 11 is 4.17. The van der Waals surface area contributed by atoms with Gasteiger partial charge < -0.3 is 10.6 Å². The van der Waals surface area contributed by atoms with E-state index in [4.69, 9.17) is 0 Å². The molecule has 0 radical (unpaired) electrons. The fourth-order valence-electron chi connectivity index (χ4n) is 3.73. The zero-order valence-corrected chi connectivity index (χ0v) is 23.7. The molecule has 0 fully saturated rings. The molecular weight excluding hydrogens is 551 g/mol. The first-order chi connectivity index (χ1) is 18.9. The second-order valence-electron chi connectivity index (χ2n) is 8.69. The van der Waals surface area contributed by atoms with Crippen molar-refractivity contribution in [2.45, 2.75) is 29.9 Å². The zero-order valence-electron chi connectivity index (χ0n) is 21.2. The number of benzene rings is 3. The fraction of sp³-hybridized carbons (Fsp3) is 0.185. The molecule has 198 valence electrons. The van der Waals surface area contributed by atoms with Gasteiger partial charge in [0, 0.05) is 11.4 Å². The minimum atomic E-state index is -0.157. The Kier molecular flexibility index (Phi) is 8.54. The number of thioether (sulfide) groups is 2. The molecule has 0 saturated carbocycles. The van der Waals surface area contributed by atoms with Crippen LogP contribution in [0.2, 0.25) is 0 Å². The molecule has 2 aromatic heterocycles. The molecule has 0 aliphatic heterocycles. The van der Waals surface area contributed by atoms with Gasteiger partial charge in [-0.15, -0.1) is 16.4 Å². The number of rotatable bonds is 10. The van der Waals surface area contributed by atoms with E-state index in [2.05, 4.69) is 31.1 Å². The van der Waals surface area contributed by atoms with Gasteiger partial charge in [-0.3, -0.25) is 9.59 Å². The number of hydrogen-bond donors (Lipinski definition) is 2. The van der Waals surface area contributed by atoms with E-state index in [0.717, 1.165) is 36.9 Å². The van der Waals surface area contributed by atoms with Crippen molar-refractivity contribution in [3.8, 4) is 0 Å². The van der Waals surface area contributed by atoms with Gasteiger partial charge in [-0.1, -0.05) is 66.0 Å². The first-order valence-electron chi connectivity index (χ1n) is 12.1. The van der Waals surface area contributed by atoms with Crippen LogP contribution in [-0.4, -0.2) is 48.5 Å². The largest absolute Gasteiger partial charge is 0.325 e. The van der Waals surface area contributed by atoms with Crippen LogP contribution < -0.4 is 10.6 Å². The number of tetrazole rings is 1. The number of carbonyl (C=O) groups excluding carboxylic acids is 2. The minimum absolute atomic E-state index is 0.0757. The van der Waals surface area contributed by atoms with Crippen molar-refractivity contribution in [2.75, 3.05) is 22.1 Å². The summed E-state index contributed by atoms with van der Waals surface area (Å²) in [6, 6.07) is 21.3. The zero-order chi connectivity index (χ0) is 27.2. The number of aromatic nitrogens is 5. The summed E-state index contributed by atoms with van der Waals surface area (Å²) in [5.41, 5.74) is 5.62. The lowest BCUT2D eigenvalue weighted by Crippen LogP contribution is -2.15. The molecular formula is C27H25N7O2S3. The number of anilines is 2. The van der Waals surface area contributed by atoms with Crippen LogP contribution in [0.25, 0.3) is 10.2 Å². The van der Waals surface area contributed by atoms with Crippen LogP contribution in [0.4, 0.5) is 11.4 Å². The number of nitrogens with one attached hydrogen (secondary N) is 2. The minimum Gasteiger partial charge on any atom is -0.325 e. The van der Waals surface area contributed by atoms with Crippen LogP contribution in [0.3, 0.4) is 0 Å². The molecule has 9 nitrogen and oxygen atoms in total. The van der Waals surface area contributed by atoms with Gasteiger partial charge in [-0.05, 0) is 65.2 Å². The van der Waals surface area contributed by atoms with Crippen LogP contribution in [0.5, 0.6) is 0 Å². The normalized spacial score (nSPS) is 11.0. The van der Waals surface area contributed by atoms with Crippen LogP contribution in [0.1, 0.15) is 16.7 Å². The highest BCUT2D eigenvalue weighted by Gasteiger charge is 2.13. The first-order valence-corrected chi connectivity index (χ1v) is 14.9. The Morgan fingerprint density at radius 3 is 2.56 bits per heavy atom. The summed E-state index contributed by atoms with van der Waals surface area (Å²) in [6.45, 7) is 4.55. The fourth-order valence-corrected chi connectivity index (χ4v) is 6.31. The SMILES string of the molecule is Cc1cccc(NC(=O)CSc2nc3ccc(NC(=O)CSc4nnnn4Cc4ccccc4)cc3s2)c1C. The molecule has 0 bridgehead atoms. The predicted octanol–water partition coefficient (Wildman–Crippen LogP) is 5.41. The average molecular weight is 576 g/mol. The molecule has 39 heavy (non-hydrogen) atoms. The highest BCUT2D eigenvalue weighted by atomic mass is 32.2. The summed E-state index contributed by atoms with van der Waals surface area (Å²) in [5.74, 6) is 0.202. The Morgan fingerprint density at radius 1 is 0.923 bits per heavy atom. The lowest BCUT2D eigenvalue weighted by Gasteiger charge is -2.09. The van der Waals surface area contributed by atoms with Crippen LogP contribution in [-0.2, 0) is 16.1 Å². The number of thiazole rings is 1. The maximum atomic E-state index is 12.6. The lowest BCUT2D eigenvalue weighted by molar-refractivity contribution is -0.114. The smallest absolute Gasteiger partial charge is 0.234 e. The Labute approximate surface area is 237 Å². The lowest BCUT2D eigenvalue weighted by atomic mass is 10.1. The number of nitrogens with zero attached hydrogens (tertiary/aromatic N) is 5. The Balaban J connectivity index is 1.14. The maximum absolute atomic E-state index is 12.6. The van der Waals surface area contributed by atoms with Crippen molar-refractivity contribution in [3.05, 3.63) is 83.4 Å². The number of aryl methyl sites for hydroxylation is 1. The molecule has 2 amide bonds. The van der Waals surface area contributed by atoms with E-state index in [9.17, 15) is 9.59 Å². The van der Waals surface area contributed by atoms with Crippen molar-refractivity contribution in [2.24, 2.45) is 0 Å². The van der Waals surface area contributed by atoms with E-state index in [1.165, 1.54) is 34.9 Å². The van der Waals surface area contributed by atoms with E-state index in [-0.39, 0.29) is 23.3 Å². The number of amides is 2. The van der Waals surface area contributed by atoms with Crippen molar-refractivity contribution in [1.29, 1.82) is 0 Å². The van der Waals surface area contributed by atoms with Crippen LogP contribution in [0.15, 0.2) is 76.2 Å². The molecule has 0 aliphatic rings. The molecule has 5 rings (SSSR count). The predicted molar refractivity (Wildman–Crippen MR) is 158 cm³/mol. The highest BCUT2D eigenvalue weighted by molar-refractivity contribution is 8.01. The van der Waals surface area contributed by atoms with E-state index < -0.39 is 0 Å². The highest BCUT2D eigenvalue weighted by Crippen LogP contribution is 2.31. The molecule has 0 saturated heterocycles. The van der Waals surface area contributed by atoms with Gasteiger partial charge in [0.2, 0.25) is 17.0 Å². The third-order valence-corrected chi connectivity index (χ3v) is 8.98. The number of fused-ring (bicyclic) bond motifs is 1.